The van der Waals surface area contributed by atoms with Gasteiger partial charge in [-0.3, -0.25) is 0 Å². The van der Waals surface area contributed by atoms with E-state index in [9.17, 15) is 0 Å². The van der Waals surface area contributed by atoms with Crippen LogP contribution in [0.15, 0.2) is 18.2 Å². The van der Waals surface area contributed by atoms with Gasteiger partial charge in [-0.25, -0.2) is 4.98 Å². The smallest absolute Gasteiger partial charge is 0.135 e. The summed E-state index contributed by atoms with van der Waals surface area (Å²) in [6.07, 6.45) is 5.66. The van der Waals surface area contributed by atoms with Crippen LogP contribution in [0.25, 0.3) is 0 Å². The van der Waals surface area contributed by atoms with Crippen molar-refractivity contribution in [3.05, 3.63) is 40.0 Å². The lowest BCUT2D eigenvalue weighted by molar-refractivity contribution is 0.415. The molecule has 1 aliphatic rings. The fourth-order valence-electron chi connectivity index (χ4n) is 3.94. The molecule has 1 N–H and O–H groups in total. The average Bonchev–Trinajstić information content (AvgIpc) is 3.11. The minimum Gasteiger partial charge on any atom is -0.497 e. The number of methoxy groups -OCH3 is 1. The zero-order valence-electron chi connectivity index (χ0n) is 16.9. The Morgan fingerprint density at radius 3 is 2.56 bits per heavy atom. The highest BCUT2D eigenvalue weighted by atomic mass is 35.5. The molecule has 27 heavy (non-hydrogen) atoms. The number of anilines is 3. The molecule has 0 aliphatic heterocycles. The molecule has 4 nitrogen and oxygen atoms in total. The number of nitrogens with zero attached hydrogens (tertiary/aromatic N) is 2. The monoisotopic (exact) mass is 387 g/mol. The summed E-state index contributed by atoms with van der Waals surface area (Å²) in [5.41, 5.74) is 6.13. The van der Waals surface area contributed by atoms with Gasteiger partial charge in [0.25, 0.3) is 0 Å². The van der Waals surface area contributed by atoms with Gasteiger partial charge in [0.15, 0.2) is 0 Å². The van der Waals surface area contributed by atoms with Gasteiger partial charge in [-0.05, 0) is 56.7 Å². The van der Waals surface area contributed by atoms with Gasteiger partial charge in [0.1, 0.15) is 11.6 Å². The van der Waals surface area contributed by atoms with Crippen LogP contribution in [0, 0.1) is 6.92 Å². The number of halogens is 1. The van der Waals surface area contributed by atoms with Crippen molar-refractivity contribution >= 4 is 28.8 Å². The molecule has 0 saturated heterocycles. The first kappa shape index (κ1) is 19.8. The molecule has 1 aliphatic carbocycles. The topological polar surface area (TPSA) is 37.4 Å². The van der Waals surface area contributed by atoms with E-state index in [1.165, 1.54) is 28.9 Å². The average molecular weight is 388 g/mol. The molecule has 1 heterocycles. The van der Waals surface area contributed by atoms with E-state index in [-0.39, 0.29) is 0 Å². The van der Waals surface area contributed by atoms with Crippen molar-refractivity contribution in [3.8, 4) is 5.75 Å². The number of aryl methyl sites for hydroxylation is 1. The number of fused-ring (bicyclic) bond motifs is 1. The molecule has 0 amide bonds. The van der Waals surface area contributed by atoms with E-state index in [0.29, 0.717) is 5.02 Å². The zero-order chi connectivity index (χ0) is 19.4. The number of nitrogens with one attached hydrogen (secondary N) is 1. The number of rotatable bonds is 8. The van der Waals surface area contributed by atoms with Crippen LogP contribution in [-0.4, -0.2) is 25.2 Å². The second-order valence-corrected chi connectivity index (χ2v) is 7.58. The van der Waals surface area contributed by atoms with Crippen molar-refractivity contribution < 1.29 is 4.74 Å². The van der Waals surface area contributed by atoms with Gasteiger partial charge in [-0.15, -0.1) is 0 Å². The van der Waals surface area contributed by atoms with Crippen LogP contribution in [-0.2, 0) is 12.8 Å². The normalized spacial score (nSPS) is 12.8. The predicted octanol–water partition coefficient (Wildman–Crippen LogP) is 5.91. The third-order valence-corrected chi connectivity index (χ3v) is 5.48. The van der Waals surface area contributed by atoms with Gasteiger partial charge in [0.2, 0.25) is 0 Å². The van der Waals surface area contributed by atoms with Crippen LogP contribution in [0.3, 0.4) is 0 Å². The van der Waals surface area contributed by atoms with E-state index in [2.05, 4.69) is 31.0 Å². The lowest BCUT2D eigenvalue weighted by Crippen LogP contribution is -2.27. The Bertz CT molecular complexity index is 801. The first-order valence-corrected chi connectivity index (χ1v) is 10.3. The molecular formula is C22H30ClN3O. The van der Waals surface area contributed by atoms with E-state index >= 15 is 0 Å². The van der Waals surface area contributed by atoms with Gasteiger partial charge in [-0.1, -0.05) is 25.4 Å². The van der Waals surface area contributed by atoms with Crippen molar-refractivity contribution in [2.45, 2.75) is 52.9 Å². The van der Waals surface area contributed by atoms with Crippen LogP contribution in [0.2, 0.25) is 5.02 Å². The highest BCUT2D eigenvalue weighted by Gasteiger charge is 2.24. The Kier molecular flexibility index (Phi) is 6.48. The summed E-state index contributed by atoms with van der Waals surface area (Å²) in [6.45, 7) is 8.83. The van der Waals surface area contributed by atoms with Crippen molar-refractivity contribution in [2.75, 3.05) is 30.4 Å². The Labute approximate surface area is 167 Å². The van der Waals surface area contributed by atoms with E-state index in [0.717, 1.165) is 56.0 Å². The molecular weight excluding hydrogens is 358 g/mol. The van der Waals surface area contributed by atoms with Crippen LogP contribution in [0.1, 0.15) is 49.9 Å². The molecule has 2 aromatic rings. The van der Waals surface area contributed by atoms with Crippen LogP contribution in [0.4, 0.5) is 17.2 Å². The highest BCUT2D eigenvalue weighted by Crippen LogP contribution is 2.39. The van der Waals surface area contributed by atoms with Gasteiger partial charge in [0.05, 0.1) is 17.8 Å². The Balaban J connectivity index is 2.03. The zero-order valence-corrected chi connectivity index (χ0v) is 17.6. The SMILES string of the molecule is CCCN(CCC)c1c(C)c(Nc2ccc(OC)cc2Cl)nc2c1CCC2. The molecule has 146 valence electrons. The number of ether oxygens (including phenoxy) is 1. The summed E-state index contributed by atoms with van der Waals surface area (Å²) in [5, 5.41) is 4.11. The standard InChI is InChI=1S/C22H30ClN3O/c1-5-12-26(13-6-2)21-15(3)22(24-19-9-7-8-17(19)21)25-20-11-10-16(27-4)14-18(20)23/h10-11,14H,5-9,12-13H2,1-4H3,(H,24,25). The number of aromatic nitrogens is 1. The summed E-state index contributed by atoms with van der Waals surface area (Å²) >= 11 is 6.45. The molecule has 0 saturated carbocycles. The van der Waals surface area contributed by atoms with E-state index in [1.807, 2.05) is 18.2 Å². The summed E-state index contributed by atoms with van der Waals surface area (Å²) in [6, 6.07) is 5.69. The third-order valence-electron chi connectivity index (χ3n) is 5.16. The lowest BCUT2D eigenvalue weighted by atomic mass is 10.1. The first-order chi connectivity index (χ1) is 13.1. The fourth-order valence-corrected chi connectivity index (χ4v) is 4.16. The summed E-state index contributed by atoms with van der Waals surface area (Å²) in [5.74, 6) is 1.66. The Morgan fingerprint density at radius 1 is 1.19 bits per heavy atom. The Hall–Kier alpha value is -1.94. The molecule has 0 spiro atoms. The number of hydrogen-bond acceptors (Lipinski definition) is 4. The molecule has 1 aromatic heterocycles. The molecule has 0 unspecified atom stereocenters. The summed E-state index contributed by atoms with van der Waals surface area (Å²) in [4.78, 5) is 7.51. The lowest BCUT2D eigenvalue weighted by Gasteiger charge is -2.29. The summed E-state index contributed by atoms with van der Waals surface area (Å²) in [7, 11) is 1.65. The van der Waals surface area contributed by atoms with E-state index in [1.54, 1.807) is 7.11 Å². The van der Waals surface area contributed by atoms with Crippen LogP contribution >= 0.6 is 11.6 Å². The third kappa shape index (κ3) is 4.16. The van der Waals surface area contributed by atoms with Crippen molar-refractivity contribution in [1.82, 2.24) is 4.98 Å². The Morgan fingerprint density at radius 2 is 1.93 bits per heavy atom. The van der Waals surface area contributed by atoms with Crippen LogP contribution < -0.4 is 15.0 Å². The highest BCUT2D eigenvalue weighted by molar-refractivity contribution is 6.33. The fraction of sp³-hybridized carbons (Fsp3) is 0.500. The maximum atomic E-state index is 6.45. The number of hydrogen-bond donors (Lipinski definition) is 1. The maximum Gasteiger partial charge on any atom is 0.135 e. The van der Waals surface area contributed by atoms with Crippen molar-refractivity contribution in [2.24, 2.45) is 0 Å². The van der Waals surface area contributed by atoms with Gasteiger partial charge in [-0.2, -0.15) is 0 Å². The second kappa shape index (κ2) is 8.83. The minimum atomic E-state index is 0.636. The molecule has 0 fully saturated rings. The first-order valence-electron chi connectivity index (χ1n) is 9.96. The number of pyridine rings is 1. The summed E-state index contributed by atoms with van der Waals surface area (Å²) < 4.78 is 5.25. The maximum absolute atomic E-state index is 6.45. The molecule has 3 rings (SSSR count). The van der Waals surface area contributed by atoms with Gasteiger partial charge >= 0.3 is 0 Å². The molecule has 0 radical (unpaired) electrons. The van der Waals surface area contributed by atoms with E-state index < -0.39 is 0 Å². The molecule has 5 heteroatoms. The van der Waals surface area contributed by atoms with Crippen LogP contribution in [0.5, 0.6) is 5.75 Å². The van der Waals surface area contributed by atoms with E-state index in [4.69, 9.17) is 21.3 Å². The number of benzene rings is 1. The predicted molar refractivity (Wildman–Crippen MR) is 115 cm³/mol. The minimum absolute atomic E-state index is 0.636. The van der Waals surface area contributed by atoms with Gasteiger partial charge < -0.3 is 15.0 Å². The largest absolute Gasteiger partial charge is 0.497 e. The second-order valence-electron chi connectivity index (χ2n) is 7.17. The molecule has 1 aromatic carbocycles. The van der Waals surface area contributed by atoms with Gasteiger partial charge in [0, 0.05) is 36.1 Å². The van der Waals surface area contributed by atoms with Crippen molar-refractivity contribution in [1.29, 1.82) is 0 Å². The van der Waals surface area contributed by atoms with Crippen molar-refractivity contribution in [3.63, 3.8) is 0 Å². The molecule has 0 bridgehead atoms. The quantitative estimate of drug-likeness (QED) is 0.610. The molecule has 0 atom stereocenters.